The number of hydrogen-bond acceptors (Lipinski definition) is 11. The second-order valence-corrected chi connectivity index (χ2v) is 13.1. The number of rotatable bonds is 9. The first-order chi connectivity index (χ1) is 27.9. The minimum atomic E-state index is -0.912. The van der Waals surface area contributed by atoms with Crippen LogP contribution in [-0.2, 0) is 4.79 Å². The smallest absolute Gasteiger partial charge is 0.326 e. The highest BCUT2D eigenvalue weighted by Gasteiger charge is 2.21. The average molecular weight is 833 g/mol. The van der Waals surface area contributed by atoms with Crippen LogP contribution in [0, 0.1) is 23.3 Å². The lowest BCUT2D eigenvalue weighted by molar-refractivity contribution is -0.126. The summed E-state index contributed by atoms with van der Waals surface area (Å²) >= 11 is 12.6. The zero-order chi connectivity index (χ0) is 41.1. The summed E-state index contributed by atoms with van der Waals surface area (Å²) in [6.45, 7) is -0.0728. The summed E-state index contributed by atoms with van der Waals surface area (Å²) in [5.41, 5.74) is 8.87. The Labute approximate surface area is 335 Å². The van der Waals surface area contributed by atoms with Crippen molar-refractivity contribution < 1.29 is 31.8 Å². The number of aromatic nitrogens is 8. The van der Waals surface area contributed by atoms with Crippen LogP contribution in [-0.4, -0.2) is 71.8 Å². The van der Waals surface area contributed by atoms with Crippen LogP contribution in [0.1, 0.15) is 0 Å². The van der Waals surface area contributed by atoms with Gasteiger partial charge in [0.05, 0.1) is 28.7 Å². The molecule has 0 fully saturated rings. The maximum absolute atomic E-state index is 14.0. The van der Waals surface area contributed by atoms with Gasteiger partial charge in [-0.1, -0.05) is 59.6 Å². The average Bonchev–Trinajstić information content (AvgIpc) is 3.82. The lowest BCUT2D eigenvalue weighted by Crippen LogP contribution is -2.28. The van der Waals surface area contributed by atoms with Gasteiger partial charge in [-0.25, -0.2) is 17.6 Å². The number of halogens is 6. The highest BCUT2D eigenvalue weighted by Crippen LogP contribution is 2.37. The van der Waals surface area contributed by atoms with Crippen molar-refractivity contribution in [2.75, 3.05) is 31.7 Å². The standard InChI is InChI=1S/C21H17ClF2N6O2.C17H10ClF2N5O/c1-30(2)16(31)10-25-19-17-18(12-5-3-4-6-13(12)22)28-29-20(17)27-21(26-19)32-15-8-7-11(23)9-14(15)24;18-10-4-2-1-3-9(10)14-13-15(21)22-17(23-16(13)25-24-14)26-12-6-5-8(19)7-11(12)20/h3-9H,10H2,1-2H3,(H2,25,26,27,28,29);1-7H,(H3,21,22,23,24,25). The van der Waals surface area contributed by atoms with Crippen molar-refractivity contribution in [3.63, 3.8) is 0 Å². The molecule has 0 aliphatic carbocycles. The van der Waals surface area contributed by atoms with Crippen LogP contribution in [0.25, 0.3) is 44.6 Å². The van der Waals surface area contributed by atoms with Gasteiger partial charge in [0.2, 0.25) is 5.91 Å². The molecule has 0 spiro atoms. The number of aromatic amines is 2. The molecule has 8 aromatic rings. The first-order valence-electron chi connectivity index (χ1n) is 16.8. The highest BCUT2D eigenvalue weighted by atomic mass is 35.5. The molecule has 0 aliphatic rings. The predicted octanol–water partition coefficient (Wildman–Crippen LogP) is 8.57. The van der Waals surface area contributed by atoms with Gasteiger partial charge in [0.15, 0.2) is 34.4 Å². The molecule has 0 bridgehead atoms. The minimum absolute atomic E-state index is 0.0728. The molecule has 0 saturated carbocycles. The molecule has 0 unspecified atom stereocenters. The molecule has 20 heteroatoms. The number of carbonyl (C=O) groups is 1. The third-order valence-electron chi connectivity index (χ3n) is 8.20. The van der Waals surface area contributed by atoms with E-state index in [0.717, 1.165) is 24.3 Å². The molecular formula is C38H27Cl2F4N11O3. The van der Waals surface area contributed by atoms with Crippen molar-refractivity contribution in [1.82, 2.24) is 45.2 Å². The van der Waals surface area contributed by atoms with Gasteiger partial charge in [-0.15, -0.1) is 0 Å². The number of H-pyrrole nitrogens is 2. The van der Waals surface area contributed by atoms with Crippen molar-refractivity contribution in [3.05, 3.63) is 118 Å². The number of carbonyl (C=O) groups excluding carboxylic acids is 1. The van der Waals surface area contributed by atoms with Crippen LogP contribution in [0.5, 0.6) is 23.5 Å². The minimum Gasteiger partial charge on any atom is -0.421 e. The fraction of sp³-hybridized carbons (Fsp3) is 0.0789. The van der Waals surface area contributed by atoms with Crippen LogP contribution in [0.15, 0.2) is 84.9 Å². The number of ether oxygens (including phenoxy) is 2. The van der Waals surface area contributed by atoms with Crippen LogP contribution >= 0.6 is 23.2 Å². The zero-order valence-electron chi connectivity index (χ0n) is 30.0. The molecule has 1 amide bonds. The number of nitrogens with two attached hydrogens (primary N) is 1. The largest absolute Gasteiger partial charge is 0.421 e. The van der Waals surface area contributed by atoms with E-state index in [2.05, 4.69) is 45.6 Å². The van der Waals surface area contributed by atoms with Crippen molar-refractivity contribution in [2.45, 2.75) is 0 Å². The lowest BCUT2D eigenvalue weighted by atomic mass is 10.1. The summed E-state index contributed by atoms with van der Waals surface area (Å²) in [6, 6.07) is 19.6. The summed E-state index contributed by atoms with van der Waals surface area (Å²) in [4.78, 5) is 30.2. The van der Waals surface area contributed by atoms with E-state index in [1.165, 1.54) is 4.90 Å². The number of amides is 1. The van der Waals surface area contributed by atoms with Crippen molar-refractivity contribution in [2.24, 2.45) is 0 Å². The van der Waals surface area contributed by atoms with Gasteiger partial charge in [0.25, 0.3) is 0 Å². The maximum atomic E-state index is 14.0. The van der Waals surface area contributed by atoms with Gasteiger partial charge in [-0.2, -0.15) is 30.1 Å². The molecule has 0 atom stereocenters. The Kier molecular flexibility index (Phi) is 11.2. The number of nitrogens with one attached hydrogen (secondary N) is 3. The van der Waals surface area contributed by atoms with Gasteiger partial charge in [-0.05, 0) is 36.4 Å². The van der Waals surface area contributed by atoms with E-state index < -0.39 is 23.3 Å². The Balaban J connectivity index is 0.000000180. The molecule has 0 saturated heterocycles. The molecule has 4 heterocycles. The summed E-state index contributed by atoms with van der Waals surface area (Å²) < 4.78 is 64.6. The first-order valence-corrected chi connectivity index (χ1v) is 17.6. The first kappa shape index (κ1) is 39.2. The number of nitrogen functional groups attached to an aromatic ring is 1. The Bertz CT molecular complexity index is 2820. The van der Waals surface area contributed by atoms with Crippen molar-refractivity contribution in [3.8, 4) is 46.0 Å². The molecule has 8 rings (SSSR count). The Morgan fingerprint density at radius 2 is 1.19 bits per heavy atom. The topological polar surface area (TPSA) is 186 Å². The molecule has 14 nitrogen and oxygen atoms in total. The molecule has 294 valence electrons. The monoisotopic (exact) mass is 831 g/mol. The lowest BCUT2D eigenvalue weighted by Gasteiger charge is -2.13. The number of likely N-dealkylation sites (N-methyl/N-ethyl adjacent to an activating group) is 1. The van der Waals surface area contributed by atoms with E-state index in [9.17, 15) is 22.4 Å². The fourth-order valence-corrected chi connectivity index (χ4v) is 5.86. The van der Waals surface area contributed by atoms with Gasteiger partial charge >= 0.3 is 12.0 Å². The van der Waals surface area contributed by atoms with E-state index in [1.54, 1.807) is 50.5 Å². The van der Waals surface area contributed by atoms with Crippen molar-refractivity contribution >= 4 is 62.8 Å². The molecular weight excluding hydrogens is 805 g/mol. The number of benzene rings is 4. The summed E-state index contributed by atoms with van der Waals surface area (Å²) in [7, 11) is 3.25. The van der Waals surface area contributed by atoms with E-state index in [-0.39, 0.29) is 58.9 Å². The molecule has 0 aliphatic heterocycles. The summed E-state index contributed by atoms with van der Waals surface area (Å²) in [6.07, 6.45) is 0. The number of anilines is 2. The Morgan fingerprint density at radius 1 is 0.707 bits per heavy atom. The second kappa shape index (κ2) is 16.6. The Hall–Kier alpha value is -7.05. The van der Waals surface area contributed by atoms with E-state index in [1.807, 2.05) is 12.1 Å². The van der Waals surface area contributed by atoms with Gasteiger partial charge in [-0.3, -0.25) is 15.0 Å². The Morgan fingerprint density at radius 3 is 1.69 bits per heavy atom. The van der Waals surface area contributed by atoms with E-state index in [0.29, 0.717) is 55.5 Å². The fourth-order valence-electron chi connectivity index (χ4n) is 5.40. The summed E-state index contributed by atoms with van der Waals surface area (Å²) in [5, 5.41) is 18.9. The SMILES string of the molecule is CN(C)C(=O)CNc1nc(Oc2ccc(F)cc2F)nc2n[nH]c(-c3ccccc3Cl)c12.Nc1nc(Oc2ccc(F)cc2F)nc2n[nH]c(-c3ccccc3Cl)c12. The van der Waals surface area contributed by atoms with E-state index >= 15 is 0 Å². The molecule has 5 N–H and O–H groups in total. The number of hydrogen-bond donors (Lipinski definition) is 4. The maximum Gasteiger partial charge on any atom is 0.326 e. The number of fused-ring (bicyclic) bond motifs is 2. The molecule has 4 aromatic heterocycles. The van der Waals surface area contributed by atoms with Crippen LogP contribution in [0.4, 0.5) is 29.2 Å². The normalized spacial score (nSPS) is 11.0. The predicted molar refractivity (Wildman–Crippen MR) is 209 cm³/mol. The van der Waals surface area contributed by atoms with Gasteiger partial charge in [0.1, 0.15) is 23.3 Å². The quantitative estimate of drug-likeness (QED) is 0.102. The van der Waals surface area contributed by atoms with E-state index in [4.69, 9.17) is 38.4 Å². The number of nitrogens with zero attached hydrogens (tertiary/aromatic N) is 7. The van der Waals surface area contributed by atoms with Crippen LogP contribution in [0.3, 0.4) is 0 Å². The third-order valence-corrected chi connectivity index (χ3v) is 8.86. The highest BCUT2D eigenvalue weighted by molar-refractivity contribution is 6.34. The summed E-state index contributed by atoms with van der Waals surface area (Å²) in [5.74, 6) is -3.64. The third kappa shape index (κ3) is 8.37. The van der Waals surface area contributed by atoms with Crippen LogP contribution in [0.2, 0.25) is 10.0 Å². The van der Waals surface area contributed by atoms with Gasteiger partial charge < -0.3 is 25.4 Å². The van der Waals surface area contributed by atoms with Crippen LogP contribution < -0.4 is 20.5 Å². The zero-order valence-corrected chi connectivity index (χ0v) is 31.5. The molecule has 0 radical (unpaired) electrons. The van der Waals surface area contributed by atoms with Crippen molar-refractivity contribution in [1.29, 1.82) is 0 Å². The molecule has 58 heavy (non-hydrogen) atoms. The molecule has 4 aromatic carbocycles. The second-order valence-electron chi connectivity index (χ2n) is 12.3. The van der Waals surface area contributed by atoms with Gasteiger partial charge in [0, 0.05) is 47.4 Å².